The highest BCUT2D eigenvalue weighted by Crippen LogP contribution is 2.50. The average Bonchev–Trinajstić information content (AvgIpc) is 3.10. The number of cyclic esters (lactones) is 1. The molecule has 0 aromatic heterocycles. The van der Waals surface area contributed by atoms with E-state index in [0.717, 1.165) is 24.0 Å². The molecule has 1 fully saturated rings. The lowest BCUT2D eigenvalue weighted by Gasteiger charge is -2.44. The van der Waals surface area contributed by atoms with Crippen molar-refractivity contribution in [3.05, 3.63) is 83.9 Å². The summed E-state index contributed by atoms with van der Waals surface area (Å²) in [7, 11) is 0. The van der Waals surface area contributed by atoms with E-state index in [1.165, 1.54) is 11.8 Å². The molecule has 1 amide bonds. The number of nitrogens with zero attached hydrogens (tertiary/aromatic N) is 1. The Bertz CT molecular complexity index is 891. The second-order valence-electron chi connectivity index (χ2n) is 8.81. The largest absolute Gasteiger partial charge is 0.431 e. The molecule has 0 radical (unpaired) electrons. The van der Waals surface area contributed by atoms with Crippen molar-refractivity contribution in [1.82, 2.24) is 4.90 Å². The van der Waals surface area contributed by atoms with Gasteiger partial charge in [0.15, 0.2) is 5.60 Å². The predicted octanol–water partition coefficient (Wildman–Crippen LogP) is 5.57. The van der Waals surface area contributed by atoms with Gasteiger partial charge in [0.2, 0.25) is 0 Å². The summed E-state index contributed by atoms with van der Waals surface area (Å²) in [5.41, 5.74) is -0.132. The van der Waals surface area contributed by atoms with Crippen LogP contribution in [0.2, 0.25) is 0 Å². The van der Waals surface area contributed by atoms with Gasteiger partial charge in [0.25, 0.3) is 0 Å². The summed E-state index contributed by atoms with van der Waals surface area (Å²) in [5, 5.41) is 11.1. The first-order valence-electron chi connectivity index (χ1n) is 11.0. The van der Waals surface area contributed by atoms with Gasteiger partial charge in [0, 0.05) is 11.1 Å². The summed E-state index contributed by atoms with van der Waals surface area (Å²) in [6.45, 7) is 4.25. The maximum atomic E-state index is 13.6. The lowest BCUT2D eigenvalue weighted by molar-refractivity contribution is 0.0106. The van der Waals surface area contributed by atoms with Gasteiger partial charge in [-0.25, -0.2) is 4.79 Å². The number of carbonyl (C=O) groups is 1. The monoisotopic (exact) mass is 437 g/mol. The fourth-order valence-electron chi connectivity index (χ4n) is 5.23. The minimum atomic E-state index is -1.08. The van der Waals surface area contributed by atoms with Gasteiger partial charge < -0.3 is 9.84 Å². The van der Waals surface area contributed by atoms with Crippen LogP contribution in [0.15, 0.2) is 72.8 Å². The Morgan fingerprint density at radius 2 is 1.65 bits per heavy atom. The highest BCUT2D eigenvalue weighted by Gasteiger charge is 2.61. The molecule has 1 saturated heterocycles. The van der Waals surface area contributed by atoms with Crippen LogP contribution in [0.4, 0.5) is 4.79 Å². The van der Waals surface area contributed by atoms with Crippen LogP contribution in [0.1, 0.15) is 44.2 Å². The Hall–Kier alpha value is -2.24. The normalized spacial score (nSPS) is 26.2. The van der Waals surface area contributed by atoms with Crippen molar-refractivity contribution in [2.24, 2.45) is 5.92 Å². The lowest BCUT2D eigenvalue weighted by Crippen LogP contribution is -2.57. The summed E-state index contributed by atoms with van der Waals surface area (Å²) >= 11 is 1.51. The molecule has 4 rings (SSSR count). The summed E-state index contributed by atoms with van der Waals surface area (Å²) in [5.74, 6) is 0.0951. The zero-order chi connectivity index (χ0) is 22.1. The van der Waals surface area contributed by atoms with Crippen molar-refractivity contribution in [3.8, 4) is 0 Å². The van der Waals surface area contributed by atoms with Crippen molar-refractivity contribution in [2.75, 3.05) is 6.26 Å². The zero-order valence-corrected chi connectivity index (χ0v) is 19.2. The molecule has 2 aliphatic rings. The third kappa shape index (κ3) is 3.68. The zero-order valence-electron chi connectivity index (χ0n) is 18.4. The molecule has 0 bridgehead atoms. The quantitative estimate of drug-likeness (QED) is 0.601. The first kappa shape index (κ1) is 22.0. The Kier molecular flexibility index (Phi) is 6.18. The molecular weight excluding hydrogens is 406 g/mol. The van der Waals surface area contributed by atoms with Crippen LogP contribution in [0.3, 0.4) is 0 Å². The number of hydrogen-bond donors (Lipinski definition) is 1. The number of aliphatic hydroxyl groups is 1. The van der Waals surface area contributed by atoms with Crippen LogP contribution in [-0.4, -0.2) is 39.4 Å². The molecule has 2 aromatic rings. The van der Waals surface area contributed by atoms with Gasteiger partial charge in [-0.05, 0) is 31.4 Å². The second-order valence-corrected chi connectivity index (χ2v) is 9.72. The average molecular weight is 438 g/mol. The van der Waals surface area contributed by atoms with E-state index in [9.17, 15) is 9.90 Å². The van der Waals surface area contributed by atoms with Gasteiger partial charge in [-0.2, -0.15) is 0 Å². The molecule has 1 heterocycles. The summed E-state index contributed by atoms with van der Waals surface area (Å²) < 4.78 is 6.36. The third-order valence-electron chi connectivity index (χ3n) is 6.47. The van der Waals surface area contributed by atoms with Gasteiger partial charge in [-0.15, -0.1) is 11.8 Å². The van der Waals surface area contributed by atoms with Crippen LogP contribution >= 0.6 is 11.8 Å². The van der Waals surface area contributed by atoms with Crippen LogP contribution in [0.5, 0.6) is 0 Å². The highest BCUT2D eigenvalue weighted by atomic mass is 32.2. The molecule has 5 heteroatoms. The third-order valence-corrected chi connectivity index (χ3v) is 7.55. The second kappa shape index (κ2) is 8.71. The van der Waals surface area contributed by atoms with E-state index < -0.39 is 16.6 Å². The highest BCUT2D eigenvalue weighted by molar-refractivity contribution is 7.99. The molecule has 1 aliphatic carbocycles. The van der Waals surface area contributed by atoms with Crippen molar-refractivity contribution < 1.29 is 14.6 Å². The number of ether oxygens (including phenoxy) is 1. The number of thioether (sulfide) groups is 1. The number of carbonyl (C=O) groups excluding carboxylic acids is 1. The molecule has 31 heavy (non-hydrogen) atoms. The number of amides is 1. The van der Waals surface area contributed by atoms with Crippen LogP contribution < -0.4 is 0 Å². The van der Waals surface area contributed by atoms with E-state index in [1.54, 1.807) is 0 Å². The topological polar surface area (TPSA) is 49.8 Å². The van der Waals surface area contributed by atoms with Crippen molar-refractivity contribution >= 4 is 17.9 Å². The minimum absolute atomic E-state index is 0.0951. The van der Waals surface area contributed by atoms with E-state index >= 15 is 0 Å². The molecule has 2 aromatic carbocycles. The summed E-state index contributed by atoms with van der Waals surface area (Å²) in [6.07, 6.45) is 7.99. The molecule has 0 spiro atoms. The van der Waals surface area contributed by atoms with Crippen LogP contribution in [-0.2, 0) is 10.3 Å². The Balaban J connectivity index is 1.91. The fraction of sp³-hybridized carbons (Fsp3) is 0.423. The van der Waals surface area contributed by atoms with Gasteiger partial charge in [-0.1, -0.05) is 86.7 Å². The smallest absolute Gasteiger partial charge is 0.412 e. The van der Waals surface area contributed by atoms with Gasteiger partial charge in [-0.3, -0.25) is 4.90 Å². The number of hydrogen-bond acceptors (Lipinski definition) is 4. The van der Waals surface area contributed by atoms with E-state index in [0.29, 0.717) is 6.42 Å². The minimum Gasteiger partial charge on any atom is -0.431 e. The summed E-state index contributed by atoms with van der Waals surface area (Å²) in [6, 6.07) is 19.7. The molecule has 0 saturated carbocycles. The number of benzene rings is 2. The predicted molar refractivity (Wildman–Crippen MR) is 126 cm³/mol. The van der Waals surface area contributed by atoms with E-state index in [4.69, 9.17) is 4.74 Å². The number of rotatable bonds is 6. The van der Waals surface area contributed by atoms with Crippen molar-refractivity contribution in [1.29, 1.82) is 0 Å². The lowest BCUT2D eigenvalue weighted by atomic mass is 9.75. The van der Waals surface area contributed by atoms with E-state index in [-0.39, 0.29) is 18.1 Å². The Labute approximate surface area is 189 Å². The summed E-state index contributed by atoms with van der Waals surface area (Å²) in [4.78, 5) is 15.4. The molecule has 4 nitrogen and oxygen atoms in total. The maximum absolute atomic E-state index is 13.6. The van der Waals surface area contributed by atoms with Gasteiger partial charge in [0.1, 0.15) is 11.0 Å². The Morgan fingerprint density at radius 1 is 1.06 bits per heavy atom. The van der Waals surface area contributed by atoms with E-state index in [2.05, 4.69) is 13.8 Å². The standard InChI is InChI=1S/C26H31NO3S/c1-19(2)22-26(20-13-7-4-8-14-20,21-15-9-5-10-16-21)30-24(28)27(22)23(31-3)25(29)17-11-6-12-18-25/h4-5,7-11,13-17,19,22-23,29H,6,12,18H2,1-3H3/t22-,23-,25-/m0/s1. The molecule has 3 atom stereocenters. The SMILES string of the molecule is CS[C@H](N1C(=O)OC(c2ccccc2)(c2ccccc2)[C@@H]1C(C)C)[C@]1(O)C=CCCC1. The van der Waals surface area contributed by atoms with Crippen LogP contribution in [0, 0.1) is 5.92 Å². The Morgan fingerprint density at radius 3 is 2.10 bits per heavy atom. The van der Waals surface area contributed by atoms with E-state index in [1.807, 2.05) is 84.0 Å². The molecular formula is C26H31NO3S. The van der Waals surface area contributed by atoms with Crippen molar-refractivity contribution in [2.45, 2.75) is 55.7 Å². The molecule has 164 valence electrons. The first-order chi connectivity index (χ1) is 14.9. The molecule has 1 N–H and O–H groups in total. The first-order valence-corrected chi connectivity index (χ1v) is 12.3. The van der Waals surface area contributed by atoms with Gasteiger partial charge in [0.05, 0.1) is 6.04 Å². The number of allylic oxidation sites excluding steroid dienone is 1. The maximum Gasteiger partial charge on any atom is 0.412 e. The van der Waals surface area contributed by atoms with Crippen LogP contribution in [0.25, 0.3) is 0 Å². The fourth-order valence-corrected chi connectivity index (χ4v) is 6.28. The molecule has 0 unspecified atom stereocenters. The van der Waals surface area contributed by atoms with Crippen molar-refractivity contribution in [3.63, 3.8) is 0 Å². The van der Waals surface area contributed by atoms with Gasteiger partial charge >= 0.3 is 6.09 Å². The molecule has 1 aliphatic heterocycles.